The molecule has 2 N–H and O–H groups in total. The molecule has 1 atom stereocenters. The Kier molecular flexibility index (Phi) is 4.65. The second-order valence-electron chi connectivity index (χ2n) is 8.26. The fraction of sp³-hybridized carbons (Fsp3) is 0.450. The van der Waals surface area contributed by atoms with Crippen LogP contribution in [-0.4, -0.2) is 44.8 Å². The van der Waals surface area contributed by atoms with Crippen molar-refractivity contribution in [3.8, 4) is 5.69 Å². The lowest BCUT2D eigenvalue weighted by molar-refractivity contribution is -0.00683. The number of halogens is 4. The van der Waals surface area contributed by atoms with Crippen molar-refractivity contribution >= 4 is 40.2 Å². The minimum Gasteiger partial charge on any atom is -0.355 e. The molecule has 0 unspecified atom stereocenters. The summed E-state index contributed by atoms with van der Waals surface area (Å²) in [5.41, 5.74) is 7.43. The number of nitrogens with zero attached hydrogens (tertiary/aromatic N) is 5. The van der Waals surface area contributed by atoms with Crippen LogP contribution in [0.1, 0.15) is 25.7 Å². The maximum atomic E-state index is 13.9. The number of hydrogen-bond donors (Lipinski definition) is 1. The highest BCUT2D eigenvalue weighted by molar-refractivity contribution is 6.43. The third-order valence-corrected chi connectivity index (χ3v) is 7.23. The maximum absolute atomic E-state index is 13.9. The summed E-state index contributed by atoms with van der Waals surface area (Å²) in [7, 11) is 0. The lowest BCUT2D eigenvalue weighted by Gasteiger charge is -2.42. The largest absolute Gasteiger partial charge is 0.355 e. The third-order valence-electron chi connectivity index (χ3n) is 6.42. The number of rotatable bonds is 2. The van der Waals surface area contributed by atoms with E-state index in [1.807, 2.05) is 0 Å². The van der Waals surface area contributed by atoms with Crippen LogP contribution in [0, 0.1) is 5.41 Å². The molecular weight excluding hydrogens is 433 g/mol. The first-order chi connectivity index (χ1) is 14.3. The van der Waals surface area contributed by atoms with E-state index in [-0.39, 0.29) is 12.8 Å². The molecule has 2 aliphatic rings. The molecule has 1 saturated heterocycles. The van der Waals surface area contributed by atoms with Gasteiger partial charge in [0.25, 0.3) is 0 Å². The molecule has 0 amide bonds. The summed E-state index contributed by atoms with van der Waals surface area (Å²) in [5, 5.41) is 5.19. The van der Waals surface area contributed by atoms with Gasteiger partial charge in [-0.2, -0.15) is 5.10 Å². The van der Waals surface area contributed by atoms with Crippen molar-refractivity contribution in [2.45, 2.75) is 37.6 Å². The molecule has 2 aromatic heterocycles. The zero-order chi connectivity index (χ0) is 21.1. The summed E-state index contributed by atoms with van der Waals surface area (Å²) in [6.07, 6.45) is 4.22. The van der Waals surface area contributed by atoms with Crippen LogP contribution in [0.5, 0.6) is 0 Å². The zero-order valence-electron chi connectivity index (χ0n) is 16.0. The SMILES string of the molecule is N[C@@H]1CC(F)(F)CC12CCN(c1cnc3c(cnn3-c3cccc(Cl)c3Cl)n1)CC2. The Balaban J connectivity index is 1.39. The Morgan fingerprint density at radius 1 is 1.13 bits per heavy atom. The maximum Gasteiger partial charge on any atom is 0.250 e. The van der Waals surface area contributed by atoms with E-state index in [1.165, 1.54) is 0 Å². The van der Waals surface area contributed by atoms with Gasteiger partial charge in [-0.25, -0.2) is 23.4 Å². The number of piperidine rings is 1. The van der Waals surface area contributed by atoms with Crippen molar-refractivity contribution in [3.05, 3.63) is 40.6 Å². The van der Waals surface area contributed by atoms with Crippen molar-refractivity contribution < 1.29 is 8.78 Å². The normalized spacial score (nSPS) is 22.8. The molecule has 0 radical (unpaired) electrons. The van der Waals surface area contributed by atoms with Gasteiger partial charge >= 0.3 is 0 Å². The molecular formula is C20H20Cl2F2N6. The topological polar surface area (TPSA) is 72.9 Å². The Hall–Kier alpha value is -2.03. The minimum atomic E-state index is -2.66. The average molecular weight is 453 g/mol. The summed E-state index contributed by atoms with van der Waals surface area (Å²) in [5.74, 6) is -1.95. The number of hydrogen-bond acceptors (Lipinski definition) is 5. The van der Waals surface area contributed by atoms with Gasteiger partial charge in [0, 0.05) is 32.0 Å². The molecule has 3 heterocycles. The van der Waals surface area contributed by atoms with Crippen LogP contribution in [0.25, 0.3) is 16.9 Å². The molecule has 30 heavy (non-hydrogen) atoms. The second-order valence-corrected chi connectivity index (χ2v) is 9.04. The Morgan fingerprint density at radius 3 is 2.60 bits per heavy atom. The Bertz CT molecular complexity index is 1110. The molecule has 1 aromatic carbocycles. The van der Waals surface area contributed by atoms with Crippen LogP contribution in [-0.2, 0) is 0 Å². The fourth-order valence-corrected chi connectivity index (χ4v) is 5.15. The fourth-order valence-electron chi connectivity index (χ4n) is 4.77. The summed E-state index contributed by atoms with van der Waals surface area (Å²) >= 11 is 12.4. The lowest BCUT2D eigenvalue weighted by atomic mass is 9.74. The summed E-state index contributed by atoms with van der Waals surface area (Å²) in [4.78, 5) is 11.3. The first-order valence-corrected chi connectivity index (χ1v) is 10.6. The van der Waals surface area contributed by atoms with Crippen molar-refractivity contribution in [1.82, 2.24) is 19.7 Å². The number of alkyl halides is 2. The second kappa shape index (κ2) is 7.00. The van der Waals surface area contributed by atoms with Gasteiger partial charge in [-0.1, -0.05) is 29.3 Å². The number of aromatic nitrogens is 4. The summed E-state index contributed by atoms with van der Waals surface area (Å²) in [6.45, 7) is 1.25. The smallest absolute Gasteiger partial charge is 0.250 e. The predicted molar refractivity (Wildman–Crippen MR) is 113 cm³/mol. The molecule has 1 aliphatic heterocycles. The van der Waals surface area contributed by atoms with E-state index in [2.05, 4.69) is 20.0 Å². The van der Waals surface area contributed by atoms with Gasteiger partial charge in [-0.05, 0) is 30.4 Å². The highest BCUT2D eigenvalue weighted by Crippen LogP contribution is 2.52. The number of fused-ring (bicyclic) bond motifs is 1. The number of nitrogens with two attached hydrogens (primary N) is 1. The first-order valence-electron chi connectivity index (χ1n) is 9.82. The lowest BCUT2D eigenvalue weighted by Crippen LogP contribution is -2.47. The van der Waals surface area contributed by atoms with Crippen molar-refractivity contribution in [2.75, 3.05) is 18.0 Å². The first kappa shape index (κ1) is 19.9. The number of anilines is 1. The molecule has 6 nitrogen and oxygen atoms in total. The standard InChI is InChI=1S/C20H20Cl2F2N6/c21-12-2-1-3-14(17(12)22)30-18-13(9-27-30)28-16(10-26-18)29-6-4-19(5-7-29)11-20(23,24)8-15(19)25/h1-3,9-10,15H,4-8,11,25H2/t15-/m1/s1. The minimum absolute atomic E-state index is 0.118. The van der Waals surface area contributed by atoms with E-state index in [4.69, 9.17) is 28.9 Å². The average Bonchev–Trinajstić information content (AvgIpc) is 3.22. The highest BCUT2D eigenvalue weighted by Gasteiger charge is 2.55. The van der Waals surface area contributed by atoms with E-state index in [9.17, 15) is 8.78 Å². The third kappa shape index (κ3) is 3.21. The molecule has 3 aromatic rings. The monoisotopic (exact) mass is 452 g/mol. The van der Waals surface area contributed by atoms with Gasteiger partial charge in [0.2, 0.25) is 5.92 Å². The van der Waals surface area contributed by atoms with E-state index in [1.54, 1.807) is 35.3 Å². The van der Waals surface area contributed by atoms with Gasteiger partial charge in [0.05, 0.1) is 28.1 Å². The summed E-state index contributed by atoms with van der Waals surface area (Å²) in [6, 6.07) is 4.85. The highest BCUT2D eigenvalue weighted by atomic mass is 35.5. The van der Waals surface area contributed by atoms with Crippen LogP contribution in [0.4, 0.5) is 14.6 Å². The molecule has 1 spiro atoms. The van der Waals surface area contributed by atoms with Crippen molar-refractivity contribution in [1.29, 1.82) is 0 Å². The Labute approximate surface area is 182 Å². The van der Waals surface area contributed by atoms with Crippen molar-refractivity contribution in [3.63, 3.8) is 0 Å². The summed E-state index contributed by atoms with van der Waals surface area (Å²) < 4.78 is 29.3. The Morgan fingerprint density at radius 2 is 1.90 bits per heavy atom. The van der Waals surface area contributed by atoms with E-state index < -0.39 is 17.4 Å². The van der Waals surface area contributed by atoms with Gasteiger partial charge < -0.3 is 10.6 Å². The van der Waals surface area contributed by atoms with Crippen LogP contribution in [0.15, 0.2) is 30.6 Å². The van der Waals surface area contributed by atoms with E-state index >= 15 is 0 Å². The predicted octanol–water partition coefficient (Wildman–Crippen LogP) is 4.47. The molecule has 1 saturated carbocycles. The van der Waals surface area contributed by atoms with Crippen LogP contribution in [0.2, 0.25) is 10.0 Å². The van der Waals surface area contributed by atoms with Crippen LogP contribution < -0.4 is 10.6 Å². The molecule has 1 aliphatic carbocycles. The van der Waals surface area contributed by atoms with Gasteiger partial charge in [-0.3, -0.25) is 0 Å². The van der Waals surface area contributed by atoms with Gasteiger partial charge in [-0.15, -0.1) is 0 Å². The van der Waals surface area contributed by atoms with Crippen LogP contribution in [0.3, 0.4) is 0 Å². The molecule has 158 valence electrons. The van der Waals surface area contributed by atoms with Crippen LogP contribution >= 0.6 is 23.2 Å². The van der Waals surface area contributed by atoms with E-state index in [0.29, 0.717) is 58.6 Å². The zero-order valence-corrected chi connectivity index (χ0v) is 17.5. The molecule has 2 fully saturated rings. The van der Waals surface area contributed by atoms with Crippen molar-refractivity contribution in [2.24, 2.45) is 11.1 Å². The molecule has 10 heteroatoms. The van der Waals surface area contributed by atoms with Gasteiger partial charge in [0.1, 0.15) is 11.3 Å². The molecule has 5 rings (SSSR count). The van der Waals surface area contributed by atoms with E-state index in [0.717, 1.165) is 0 Å². The van der Waals surface area contributed by atoms with Gasteiger partial charge in [0.15, 0.2) is 5.65 Å². The molecule has 0 bridgehead atoms. The quantitative estimate of drug-likeness (QED) is 0.620. The number of benzene rings is 1.